The maximum absolute atomic E-state index is 11.0. The lowest BCUT2D eigenvalue weighted by atomic mass is 9.97. The Morgan fingerprint density at radius 3 is 2.50 bits per heavy atom. The van der Waals surface area contributed by atoms with E-state index in [1.54, 1.807) is 7.05 Å². The summed E-state index contributed by atoms with van der Waals surface area (Å²) in [6.07, 6.45) is 2.86. The molecule has 1 saturated heterocycles. The van der Waals surface area contributed by atoms with Crippen molar-refractivity contribution in [3.05, 3.63) is 0 Å². The van der Waals surface area contributed by atoms with E-state index in [4.69, 9.17) is 5.11 Å². The van der Waals surface area contributed by atoms with Crippen LogP contribution in [0.4, 0.5) is 0 Å². The third-order valence-electron chi connectivity index (χ3n) is 3.09. The number of carbonyl (C=O) groups excluding carboxylic acids is 1. The predicted molar refractivity (Wildman–Crippen MR) is 60.1 cm³/mol. The molecule has 16 heavy (non-hydrogen) atoms. The van der Waals surface area contributed by atoms with Crippen molar-refractivity contribution >= 4 is 11.9 Å². The molecule has 1 rings (SSSR count). The highest BCUT2D eigenvalue weighted by molar-refractivity contribution is 5.75. The number of piperidine rings is 1. The molecule has 0 aliphatic carbocycles. The standard InChI is InChI=1S/C11H20N2O3/c1-12-10(14)3-2-6-13-7-4-9(5-8-13)11(15)16/h9H,2-8H2,1H3,(H,12,14)(H,15,16). The quantitative estimate of drug-likeness (QED) is 0.710. The summed E-state index contributed by atoms with van der Waals surface area (Å²) < 4.78 is 0. The van der Waals surface area contributed by atoms with Crippen LogP contribution in [-0.4, -0.2) is 48.6 Å². The minimum atomic E-state index is -0.676. The van der Waals surface area contributed by atoms with Crippen LogP contribution in [0.2, 0.25) is 0 Å². The molecule has 2 N–H and O–H groups in total. The van der Waals surface area contributed by atoms with Gasteiger partial charge >= 0.3 is 5.97 Å². The molecule has 0 atom stereocenters. The van der Waals surface area contributed by atoms with Gasteiger partial charge in [-0.2, -0.15) is 0 Å². The first-order valence-electron chi connectivity index (χ1n) is 5.79. The van der Waals surface area contributed by atoms with Crippen LogP contribution in [0.5, 0.6) is 0 Å². The Bertz CT molecular complexity index is 248. The fraction of sp³-hybridized carbons (Fsp3) is 0.818. The van der Waals surface area contributed by atoms with Crippen LogP contribution in [-0.2, 0) is 9.59 Å². The Labute approximate surface area is 95.8 Å². The van der Waals surface area contributed by atoms with E-state index in [2.05, 4.69) is 10.2 Å². The van der Waals surface area contributed by atoms with Crippen LogP contribution >= 0.6 is 0 Å². The summed E-state index contributed by atoms with van der Waals surface area (Å²) in [4.78, 5) is 24.0. The van der Waals surface area contributed by atoms with Gasteiger partial charge in [0.1, 0.15) is 0 Å². The number of likely N-dealkylation sites (tertiary alicyclic amines) is 1. The molecule has 1 fully saturated rings. The van der Waals surface area contributed by atoms with Crippen LogP contribution in [0.3, 0.4) is 0 Å². The first-order valence-corrected chi connectivity index (χ1v) is 5.79. The maximum Gasteiger partial charge on any atom is 0.306 e. The Kier molecular flexibility index (Phi) is 5.25. The zero-order chi connectivity index (χ0) is 12.0. The summed E-state index contributed by atoms with van der Waals surface area (Å²) in [6, 6.07) is 0. The van der Waals surface area contributed by atoms with Crippen molar-refractivity contribution in [1.29, 1.82) is 0 Å². The molecule has 0 bridgehead atoms. The molecule has 0 saturated carbocycles. The largest absolute Gasteiger partial charge is 0.481 e. The van der Waals surface area contributed by atoms with Crippen molar-refractivity contribution in [2.45, 2.75) is 25.7 Å². The second-order valence-corrected chi connectivity index (χ2v) is 4.23. The molecular formula is C11H20N2O3. The van der Waals surface area contributed by atoms with Gasteiger partial charge in [0.25, 0.3) is 0 Å². The van der Waals surface area contributed by atoms with Crippen LogP contribution < -0.4 is 5.32 Å². The average Bonchev–Trinajstić information content (AvgIpc) is 2.29. The van der Waals surface area contributed by atoms with E-state index in [0.717, 1.165) is 38.9 Å². The van der Waals surface area contributed by atoms with E-state index in [9.17, 15) is 9.59 Å². The molecule has 0 spiro atoms. The van der Waals surface area contributed by atoms with Crippen molar-refractivity contribution in [3.8, 4) is 0 Å². The topological polar surface area (TPSA) is 69.6 Å². The average molecular weight is 228 g/mol. The molecule has 1 aliphatic rings. The minimum absolute atomic E-state index is 0.0698. The lowest BCUT2D eigenvalue weighted by molar-refractivity contribution is -0.143. The number of carboxylic acids is 1. The Balaban J connectivity index is 2.13. The van der Waals surface area contributed by atoms with Crippen LogP contribution in [0.25, 0.3) is 0 Å². The highest BCUT2D eigenvalue weighted by atomic mass is 16.4. The van der Waals surface area contributed by atoms with Crippen LogP contribution in [0, 0.1) is 5.92 Å². The fourth-order valence-corrected chi connectivity index (χ4v) is 1.99. The Morgan fingerprint density at radius 2 is 2.00 bits per heavy atom. The van der Waals surface area contributed by atoms with E-state index < -0.39 is 5.97 Å². The van der Waals surface area contributed by atoms with Gasteiger partial charge in [-0.25, -0.2) is 0 Å². The first kappa shape index (κ1) is 13.0. The van der Waals surface area contributed by atoms with Gasteiger partial charge in [0.05, 0.1) is 5.92 Å². The molecular weight excluding hydrogens is 208 g/mol. The van der Waals surface area contributed by atoms with E-state index in [1.807, 2.05) is 0 Å². The van der Waals surface area contributed by atoms with E-state index in [-0.39, 0.29) is 11.8 Å². The number of hydrogen-bond acceptors (Lipinski definition) is 3. The van der Waals surface area contributed by atoms with Crippen LogP contribution in [0.15, 0.2) is 0 Å². The van der Waals surface area contributed by atoms with Crippen molar-refractivity contribution in [2.75, 3.05) is 26.7 Å². The number of carbonyl (C=O) groups is 2. The minimum Gasteiger partial charge on any atom is -0.481 e. The lowest BCUT2D eigenvalue weighted by Gasteiger charge is -2.29. The fourth-order valence-electron chi connectivity index (χ4n) is 1.99. The second-order valence-electron chi connectivity index (χ2n) is 4.23. The Morgan fingerprint density at radius 1 is 1.38 bits per heavy atom. The molecule has 0 unspecified atom stereocenters. The SMILES string of the molecule is CNC(=O)CCCN1CCC(C(=O)O)CC1. The monoisotopic (exact) mass is 228 g/mol. The smallest absolute Gasteiger partial charge is 0.306 e. The maximum atomic E-state index is 11.0. The first-order chi connectivity index (χ1) is 7.63. The molecule has 5 heteroatoms. The summed E-state index contributed by atoms with van der Waals surface area (Å²) in [6.45, 7) is 2.56. The van der Waals surface area contributed by atoms with Gasteiger partial charge in [0.2, 0.25) is 5.91 Å². The zero-order valence-electron chi connectivity index (χ0n) is 9.74. The van der Waals surface area contributed by atoms with Gasteiger partial charge in [-0.1, -0.05) is 0 Å². The van der Waals surface area contributed by atoms with Gasteiger partial charge in [-0.05, 0) is 38.9 Å². The Hall–Kier alpha value is -1.10. The van der Waals surface area contributed by atoms with Crippen molar-refractivity contribution in [3.63, 3.8) is 0 Å². The van der Waals surface area contributed by atoms with Crippen molar-refractivity contribution in [1.82, 2.24) is 10.2 Å². The summed E-state index contributed by atoms with van der Waals surface area (Å²) in [5.41, 5.74) is 0. The third kappa shape index (κ3) is 4.18. The number of nitrogens with zero attached hydrogens (tertiary/aromatic N) is 1. The van der Waals surface area contributed by atoms with E-state index >= 15 is 0 Å². The zero-order valence-corrected chi connectivity index (χ0v) is 9.74. The van der Waals surface area contributed by atoms with E-state index in [0.29, 0.717) is 6.42 Å². The summed E-state index contributed by atoms with van der Waals surface area (Å²) >= 11 is 0. The second kappa shape index (κ2) is 6.48. The summed E-state index contributed by atoms with van der Waals surface area (Å²) in [5.74, 6) is -0.777. The molecule has 0 aromatic rings. The van der Waals surface area contributed by atoms with Gasteiger partial charge < -0.3 is 15.3 Å². The van der Waals surface area contributed by atoms with Gasteiger partial charge in [-0.15, -0.1) is 0 Å². The summed E-state index contributed by atoms with van der Waals surface area (Å²) in [7, 11) is 1.64. The number of rotatable bonds is 5. The van der Waals surface area contributed by atoms with Gasteiger partial charge in [0, 0.05) is 13.5 Å². The van der Waals surface area contributed by atoms with Crippen LogP contribution in [0.1, 0.15) is 25.7 Å². The molecule has 1 amide bonds. The third-order valence-corrected chi connectivity index (χ3v) is 3.09. The van der Waals surface area contributed by atoms with Crippen molar-refractivity contribution in [2.24, 2.45) is 5.92 Å². The number of carboxylic acid groups (broad SMARTS) is 1. The molecule has 0 radical (unpaired) electrons. The number of nitrogens with one attached hydrogen (secondary N) is 1. The molecule has 1 aliphatic heterocycles. The normalized spacial score (nSPS) is 18.3. The van der Waals surface area contributed by atoms with Gasteiger partial charge in [0.15, 0.2) is 0 Å². The highest BCUT2D eigenvalue weighted by Crippen LogP contribution is 2.17. The predicted octanol–water partition coefficient (Wildman–Crippen LogP) is 0.309. The van der Waals surface area contributed by atoms with Gasteiger partial charge in [-0.3, -0.25) is 9.59 Å². The molecule has 5 nitrogen and oxygen atoms in total. The van der Waals surface area contributed by atoms with Crippen molar-refractivity contribution < 1.29 is 14.7 Å². The summed E-state index contributed by atoms with van der Waals surface area (Å²) in [5, 5.41) is 11.4. The van der Waals surface area contributed by atoms with E-state index in [1.165, 1.54) is 0 Å². The molecule has 92 valence electrons. The number of amides is 1. The molecule has 0 aromatic heterocycles. The molecule has 1 heterocycles. The lowest BCUT2D eigenvalue weighted by Crippen LogP contribution is -2.37. The number of aliphatic carboxylic acids is 1. The highest BCUT2D eigenvalue weighted by Gasteiger charge is 2.23. The number of hydrogen-bond donors (Lipinski definition) is 2. The molecule has 0 aromatic carbocycles.